The second-order valence-electron chi connectivity index (χ2n) is 18.3. The van der Waals surface area contributed by atoms with Crippen molar-refractivity contribution in [1.29, 1.82) is 0 Å². The molecule has 2 saturated carbocycles. The molecule has 2 saturated heterocycles. The molecule has 18 nitrogen and oxygen atoms in total. The number of aliphatic hydroxyl groups is 1. The summed E-state index contributed by atoms with van der Waals surface area (Å²) in [4.78, 5) is 41.8. The van der Waals surface area contributed by atoms with E-state index in [4.69, 9.17) is 33.7 Å². The van der Waals surface area contributed by atoms with Crippen LogP contribution in [0.25, 0.3) is 27.6 Å². The van der Waals surface area contributed by atoms with Gasteiger partial charge in [0.25, 0.3) is 0 Å². The quantitative estimate of drug-likeness (QED) is 0.116. The maximum atomic E-state index is 12.0. The van der Waals surface area contributed by atoms with E-state index in [1.807, 2.05) is 24.5 Å². The van der Waals surface area contributed by atoms with Crippen LogP contribution in [0.4, 0.5) is 23.3 Å². The zero-order chi connectivity index (χ0) is 45.7. The van der Waals surface area contributed by atoms with Crippen LogP contribution < -0.4 is 29.9 Å². The van der Waals surface area contributed by atoms with Crippen molar-refractivity contribution < 1.29 is 28.8 Å². The second kappa shape index (κ2) is 20.5. The van der Waals surface area contributed by atoms with Crippen LogP contribution in [0.15, 0.2) is 79.8 Å². The molecule has 4 fully saturated rings. The van der Waals surface area contributed by atoms with Gasteiger partial charge in [-0.2, -0.15) is 0 Å². The third-order valence-electron chi connectivity index (χ3n) is 13.8. The van der Waals surface area contributed by atoms with Crippen LogP contribution in [0.5, 0.6) is 11.5 Å². The van der Waals surface area contributed by atoms with E-state index in [0.717, 1.165) is 105 Å². The highest BCUT2D eigenvalue weighted by molar-refractivity contribution is 5.86. The van der Waals surface area contributed by atoms with Crippen LogP contribution in [0.1, 0.15) is 75.1 Å². The Morgan fingerprint density at radius 3 is 1.94 bits per heavy atom. The van der Waals surface area contributed by atoms with Gasteiger partial charge < -0.3 is 49.2 Å². The van der Waals surface area contributed by atoms with E-state index < -0.39 is 12.2 Å². The normalized spacial score (nSPS) is 24.0. The molecule has 18 heteroatoms. The Balaban J connectivity index is 0.773. The van der Waals surface area contributed by atoms with E-state index in [1.165, 1.54) is 5.57 Å². The first-order valence-corrected chi connectivity index (χ1v) is 24.2. The molecule has 0 spiro atoms. The summed E-state index contributed by atoms with van der Waals surface area (Å²) in [6, 6.07) is 10.6. The molecule has 6 aromatic rings. The monoisotopic (exact) mass is 922 g/mol. The fourth-order valence-electron chi connectivity index (χ4n) is 10.0. The summed E-state index contributed by atoms with van der Waals surface area (Å²) in [5.74, 6) is 2.66. The average Bonchev–Trinajstić information content (AvgIpc) is 3.40. The number of morpholine rings is 2. The molecule has 0 bridgehead atoms. The first kappa shape index (κ1) is 44.2. The summed E-state index contributed by atoms with van der Waals surface area (Å²) in [6.45, 7) is 5.69. The number of anilines is 4. The number of hydrogen-bond acceptors (Lipinski definition) is 18. The molecule has 0 amide bonds. The van der Waals surface area contributed by atoms with Crippen LogP contribution in [0.3, 0.4) is 0 Å². The maximum Gasteiger partial charge on any atom is 0.222 e. The van der Waals surface area contributed by atoms with Gasteiger partial charge in [-0.3, -0.25) is 9.97 Å². The molecule has 7 heterocycles. The molecule has 2 aliphatic carbocycles. The van der Waals surface area contributed by atoms with E-state index in [-0.39, 0.29) is 24.3 Å². The number of nitrogens with one attached hydrogen (secondary N) is 2. The molecule has 354 valence electrons. The molecule has 11 rings (SSSR count). The predicted octanol–water partition coefficient (Wildman–Crippen LogP) is 6.34. The minimum absolute atomic E-state index is 0.0205. The molecule has 3 N–H and O–H groups in total. The Kier molecular flexibility index (Phi) is 13.3. The van der Waals surface area contributed by atoms with Crippen molar-refractivity contribution in [3.8, 4) is 11.5 Å². The summed E-state index contributed by atoms with van der Waals surface area (Å²) in [5.41, 5.74) is 7.46. The zero-order valence-corrected chi connectivity index (χ0v) is 38.2. The van der Waals surface area contributed by atoms with E-state index in [9.17, 15) is 5.11 Å². The molecule has 5 aliphatic rings. The Morgan fingerprint density at radius 2 is 1.25 bits per heavy atom. The summed E-state index contributed by atoms with van der Waals surface area (Å²) in [7, 11) is 0. The third-order valence-corrected chi connectivity index (χ3v) is 13.8. The minimum Gasteiger partial charge on any atom is -0.488 e. The Hall–Kier alpha value is -6.34. The fourth-order valence-corrected chi connectivity index (χ4v) is 10.0. The Bertz CT molecular complexity index is 2680. The van der Waals surface area contributed by atoms with Gasteiger partial charge in [-0.25, -0.2) is 29.9 Å². The van der Waals surface area contributed by atoms with Crippen LogP contribution in [-0.4, -0.2) is 135 Å². The number of rotatable bonds is 13. The highest BCUT2D eigenvalue weighted by Crippen LogP contribution is 2.37. The van der Waals surface area contributed by atoms with Crippen molar-refractivity contribution in [1.82, 2.24) is 39.9 Å². The van der Waals surface area contributed by atoms with E-state index in [0.29, 0.717) is 79.6 Å². The summed E-state index contributed by atoms with van der Waals surface area (Å²) >= 11 is 0. The maximum absolute atomic E-state index is 12.0. The number of hydrogen-bond donors (Lipinski definition) is 3. The van der Waals surface area contributed by atoms with Crippen molar-refractivity contribution in [2.75, 3.05) is 79.6 Å². The number of benzene rings is 2. The van der Waals surface area contributed by atoms with Gasteiger partial charge in [-0.05, 0) is 81.6 Å². The smallest absolute Gasteiger partial charge is 0.222 e. The highest BCUT2D eigenvalue weighted by Gasteiger charge is 2.32. The molecule has 2 atom stereocenters. The lowest BCUT2D eigenvalue weighted by molar-refractivity contribution is -0.0474. The van der Waals surface area contributed by atoms with Gasteiger partial charge in [0, 0.05) is 105 Å². The number of fused-ring (bicyclic) bond motifs is 2. The summed E-state index contributed by atoms with van der Waals surface area (Å²) in [6.07, 6.45) is 20.9. The molecule has 0 radical (unpaired) electrons. The van der Waals surface area contributed by atoms with E-state index in [2.05, 4.69) is 74.6 Å². The van der Waals surface area contributed by atoms with Gasteiger partial charge in [0.05, 0.1) is 68.2 Å². The average molecular weight is 923 g/mol. The molecular formula is C50H58N12O6. The van der Waals surface area contributed by atoms with Crippen LogP contribution in [0, 0.1) is 0 Å². The Morgan fingerprint density at radius 1 is 0.618 bits per heavy atom. The first-order chi connectivity index (χ1) is 33.5. The molecular weight excluding hydrogens is 865 g/mol. The van der Waals surface area contributed by atoms with Crippen molar-refractivity contribution in [2.24, 2.45) is 0 Å². The molecule has 4 aromatic heterocycles. The van der Waals surface area contributed by atoms with E-state index >= 15 is 0 Å². The van der Waals surface area contributed by atoms with Gasteiger partial charge in [0.2, 0.25) is 11.9 Å². The van der Waals surface area contributed by atoms with Crippen LogP contribution in [0.2, 0.25) is 0 Å². The van der Waals surface area contributed by atoms with Crippen molar-refractivity contribution in [2.45, 2.75) is 94.3 Å². The van der Waals surface area contributed by atoms with Gasteiger partial charge in [-0.1, -0.05) is 6.08 Å². The molecule has 3 aliphatic heterocycles. The van der Waals surface area contributed by atoms with Crippen molar-refractivity contribution in [3.63, 3.8) is 0 Å². The predicted molar refractivity (Wildman–Crippen MR) is 257 cm³/mol. The topological polar surface area (TPSA) is 200 Å². The van der Waals surface area contributed by atoms with Crippen molar-refractivity contribution in [3.05, 3.63) is 91.0 Å². The lowest BCUT2D eigenvalue weighted by Crippen LogP contribution is -2.45. The number of aliphatic hydroxyl groups excluding tert-OH is 1. The zero-order valence-electron chi connectivity index (χ0n) is 38.2. The molecule has 1 unspecified atom stereocenters. The largest absolute Gasteiger partial charge is 0.488 e. The van der Waals surface area contributed by atoms with Gasteiger partial charge >= 0.3 is 0 Å². The number of nitrogens with zero attached hydrogens (tertiary/aromatic N) is 10. The second-order valence-corrected chi connectivity index (χ2v) is 18.3. The van der Waals surface area contributed by atoms with Gasteiger partial charge in [0.1, 0.15) is 34.7 Å². The highest BCUT2D eigenvalue weighted by atomic mass is 16.5. The summed E-state index contributed by atoms with van der Waals surface area (Å²) in [5, 5.41) is 19.0. The van der Waals surface area contributed by atoms with Crippen LogP contribution >= 0.6 is 0 Å². The van der Waals surface area contributed by atoms with Crippen LogP contribution in [-0.2, 0) is 14.2 Å². The number of ether oxygens (including phenoxy) is 5. The van der Waals surface area contributed by atoms with Gasteiger partial charge in [0.15, 0.2) is 0 Å². The lowest BCUT2D eigenvalue weighted by Gasteiger charge is -2.37. The third kappa shape index (κ3) is 10.2. The Labute approximate surface area is 394 Å². The lowest BCUT2D eigenvalue weighted by atomic mass is 9.93. The van der Waals surface area contributed by atoms with Gasteiger partial charge in [-0.15, -0.1) is 0 Å². The minimum atomic E-state index is -1.05. The molecule has 2 aromatic carbocycles. The standard InChI is InChI=1S/C50H58N12O6/c63-48(45-31-62(18-23-66-45)37-25-40-46(52-15-14-51-40)43(27-37)67-38-6-2-34(3-7-38)58-49-53-12-1-13-54-49)42-30-55-41-24-36(61-16-21-65-22-17-61)26-44(47(41)60-42)68-39-8-4-35(5-9-39)59-50-56-28-33(29-57-50)32-10-19-64-20-11-32/h1,10,12-15,24-30,34-35,38-39,45,48,63H,2-9,11,16-23,31H2,(H,53,54,58)(H,56,57,59)/t34?,35?,38?,39?,45-,48?/m0/s1. The van der Waals surface area contributed by atoms with Crippen molar-refractivity contribution >= 4 is 50.9 Å². The fraction of sp³-hybridized carbons (Fsp3) is 0.480. The SMILES string of the molecule is OC(c1cnc2cc(N3CCOCC3)cc(OC3CCC(Nc4ncc(C5=CCOCC5)cn4)CC3)c2n1)[C@@H]1CN(c2cc(OC3CCC(Nc4ncccn4)CC3)c3nccnc3c2)CCO1. The molecule has 68 heavy (non-hydrogen) atoms. The number of aromatic nitrogens is 8. The first-order valence-electron chi connectivity index (χ1n) is 24.2. The van der Waals surface area contributed by atoms with E-state index in [1.54, 1.807) is 31.0 Å². The summed E-state index contributed by atoms with van der Waals surface area (Å²) < 4.78 is 31.0.